The number of thiocarbonyl (C=S) groups is 1. The van der Waals surface area contributed by atoms with Crippen molar-refractivity contribution in [3.8, 4) is 0 Å². The number of hydrogen-bond acceptors (Lipinski definition) is 3. The molecule has 1 N–H and O–H groups in total. The zero-order chi connectivity index (χ0) is 11.0. The zero-order valence-corrected chi connectivity index (χ0v) is 9.82. The molecule has 5 heteroatoms. The van der Waals surface area contributed by atoms with Crippen LogP contribution in [0.25, 0.3) is 0 Å². The molecule has 0 aliphatic heterocycles. The molecule has 0 aliphatic carbocycles. The Morgan fingerprint density at radius 2 is 2.14 bits per heavy atom. The molecule has 0 aromatic carbocycles. The van der Waals surface area contributed by atoms with Crippen LogP contribution in [0.5, 0.6) is 0 Å². The minimum absolute atomic E-state index is 0.354. The van der Waals surface area contributed by atoms with Crippen LogP contribution in [-0.2, 0) is 4.74 Å². The van der Waals surface area contributed by atoms with Gasteiger partial charge in [-0.05, 0) is 25.6 Å². The van der Waals surface area contributed by atoms with Crippen molar-refractivity contribution in [2.24, 2.45) is 0 Å². The van der Waals surface area contributed by atoms with Gasteiger partial charge in [0.15, 0.2) is 5.11 Å². The molecule has 0 saturated carbocycles. The summed E-state index contributed by atoms with van der Waals surface area (Å²) in [7, 11) is 1.85. The van der Waals surface area contributed by atoms with Gasteiger partial charge in [-0.2, -0.15) is 0 Å². The summed E-state index contributed by atoms with van der Waals surface area (Å²) >= 11 is 4.99. The summed E-state index contributed by atoms with van der Waals surface area (Å²) < 4.78 is 4.70. The Morgan fingerprint density at radius 3 is 2.64 bits per heavy atom. The number of nitrogens with one attached hydrogen (secondary N) is 1. The maximum absolute atomic E-state index is 11.0. The third-order valence-corrected chi connectivity index (χ3v) is 2.09. The smallest absolute Gasteiger partial charge is 0.413 e. The number of carbonyl (C=O) groups is 1. The van der Waals surface area contributed by atoms with Crippen molar-refractivity contribution >= 4 is 23.4 Å². The van der Waals surface area contributed by atoms with E-state index in [1.54, 1.807) is 6.92 Å². The maximum Gasteiger partial charge on any atom is 0.413 e. The lowest BCUT2D eigenvalue weighted by Crippen LogP contribution is -2.41. The van der Waals surface area contributed by atoms with Gasteiger partial charge in [0.1, 0.15) is 0 Å². The SMILES string of the molecule is CCCCN(C)C(=S)NC(=O)OCC. The van der Waals surface area contributed by atoms with Crippen LogP contribution in [0.3, 0.4) is 0 Å². The molecule has 0 aromatic heterocycles. The monoisotopic (exact) mass is 218 g/mol. The Morgan fingerprint density at radius 1 is 1.50 bits per heavy atom. The van der Waals surface area contributed by atoms with Crippen LogP contribution in [0, 0.1) is 0 Å². The van der Waals surface area contributed by atoms with Crippen LogP contribution in [0.15, 0.2) is 0 Å². The summed E-state index contributed by atoms with van der Waals surface area (Å²) in [4.78, 5) is 12.8. The van der Waals surface area contributed by atoms with Gasteiger partial charge in [0.2, 0.25) is 0 Å². The number of unbranched alkanes of at least 4 members (excludes halogenated alkanes) is 1. The van der Waals surface area contributed by atoms with E-state index in [0.717, 1.165) is 19.4 Å². The highest BCUT2D eigenvalue weighted by Crippen LogP contribution is 1.92. The van der Waals surface area contributed by atoms with E-state index in [-0.39, 0.29) is 0 Å². The number of hydrogen-bond donors (Lipinski definition) is 1. The van der Waals surface area contributed by atoms with Gasteiger partial charge in [-0.3, -0.25) is 5.32 Å². The standard InChI is InChI=1S/C9H18N2O2S/c1-4-6-7-11(3)8(14)10-9(12)13-5-2/h4-7H2,1-3H3,(H,10,12,14). The molecule has 1 amide bonds. The maximum atomic E-state index is 11.0. The summed E-state index contributed by atoms with van der Waals surface area (Å²) in [6, 6.07) is 0. The van der Waals surface area contributed by atoms with Crippen LogP contribution >= 0.6 is 12.2 Å². The summed E-state index contributed by atoms with van der Waals surface area (Å²) in [5, 5.41) is 2.90. The molecule has 0 rings (SSSR count). The van der Waals surface area contributed by atoms with Crippen molar-refractivity contribution in [2.75, 3.05) is 20.2 Å². The Balaban J connectivity index is 3.76. The predicted molar refractivity (Wildman–Crippen MR) is 60.3 cm³/mol. The topological polar surface area (TPSA) is 41.6 Å². The van der Waals surface area contributed by atoms with Crippen molar-refractivity contribution < 1.29 is 9.53 Å². The van der Waals surface area contributed by atoms with Crippen LogP contribution in [0.2, 0.25) is 0 Å². The number of amides is 1. The van der Waals surface area contributed by atoms with Gasteiger partial charge in [0.05, 0.1) is 6.61 Å². The molecule has 0 bridgehead atoms. The van der Waals surface area contributed by atoms with E-state index in [9.17, 15) is 4.79 Å². The Kier molecular flexibility index (Phi) is 7.10. The van der Waals surface area contributed by atoms with Crippen molar-refractivity contribution in [3.63, 3.8) is 0 Å². The molecule has 0 spiro atoms. The number of carbonyl (C=O) groups excluding carboxylic acids is 1. The number of rotatable bonds is 4. The predicted octanol–water partition coefficient (Wildman–Crippen LogP) is 1.75. The summed E-state index contributed by atoms with van der Waals surface area (Å²) in [6.45, 7) is 5.06. The largest absolute Gasteiger partial charge is 0.450 e. The fourth-order valence-corrected chi connectivity index (χ4v) is 1.02. The van der Waals surface area contributed by atoms with Crippen molar-refractivity contribution in [3.05, 3.63) is 0 Å². The minimum Gasteiger partial charge on any atom is -0.450 e. The highest BCUT2D eigenvalue weighted by molar-refractivity contribution is 7.80. The van der Waals surface area contributed by atoms with E-state index in [0.29, 0.717) is 11.7 Å². The first-order valence-electron chi connectivity index (χ1n) is 4.80. The highest BCUT2D eigenvalue weighted by Gasteiger charge is 2.07. The quantitative estimate of drug-likeness (QED) is 0.730. The Hall–Kier alpha value is -0.840. The number of nitrogens with zero attached hydrogens (tertiary/aromatic N) is 1. The van der Waals surface area contributed by atoms with Crippen molar-refractivity contribution in [1.82, 2.24) is 10.2 Å². The molecule has 0 saturated heterocycles. The molecule has 0 unspecified atom stereocenters. The lowest BCUT2D eigenvalue weighted by Gasteiger charge is -2.19. The first-order chi connectivity index (χ1) is 6.61. The molecule has 4 nitrogen and oxygen atoms in total. The van der Waals surface area contributed by atoms with Gasteiger partial charge in [-0.15, -0.1) is 0 Å². The van der Waals surface area contributed by atoms with Gasteiger partial charge in [0.25, 0.3) is 0 Å². The average Bonchev–Trinajstić information content (AvgIpc) is 2.14. The lowest BCUT2D eigenvalue weighted by atomic mass is 10.3. The molecule has 14 heavy (non-hydrogen) atoms. The van der Waals surface area contributed by atoms with E-state index in [4.69, 9.17) is 17.0 Å². The molecule has 0 heterocycles. The fourth-order valence-electron chi connectivity index (χ4n) is 0.847. The first-order valence-corrected chi connectivity index (χ1v) is 5.21. The van der Waals surface area contributed by atoms with Crippen LogP contribution in [0.1, 0.15) is 26.7 Å². The molecule has 0 atom stereocenters. The molecular formula is C9H18N2O2S. The zero-order valence-electron chi connectivity index (χ0n) is 9.00. The number of ether oxygens (including phenoxy) is 1. The molecular weight excluding hydrogens is 200 g/mol. The second-order valence-corrected chi connectivity index (χ2v) is 3.31. The highest BCUT2D eigenvalue weighted by atomic mass is 32.1. The Bertz CT molecular complexity index is 197. The average molecular weight is 218 g/mol. The van der Waals surface area contributed by atoms with Gasteiger partial charge in [0, 0.05) is 13.6 Å². The van der Waals surface area contributed by atoms with Crippen LogP contribution < -0.4 is 5.32 Å². The van der Waals surface area contributed by atoms with Crippen LogP contribution in [-0.4, -0.2) is 36.3 Å². The van der Waals surface area contributed by atoms with Gasteiger partial charge in [-0.25, -0.2) is 4.79 Å². The van der Waals surface area contributed by atoms with E-state index >= 15 is 0 Å². The molecule has 82 valence electrons. The fraction of sp³-hybridized carbons (Fsp3) is 0.778. The van der Waals surface area contributed by atoms with Crippen molar-refractivity contribution in [2.45, 2.75) is 26.7 Å². The molecule has 0 fully saturated rings. The lowest BCUT2D eigenvalue weighted by molar-refractivity contribution is 0.157. The first kappa shape index (κ1) is 13.2. The van der Waals surface area contributed by atoms with Gasteiger partial charge < -0.3 is 9.64 Å². The minimum atomic E-state index is -0.485. The van der Waals surface area contributed by atoms with E-state index < -0.39 is 6.09 Å². The van der Waals surface area contributed by atoms with E-state index in [2.05, 4.69) is 12.2 Å². The summed E-state index contributed by atoms with van der Waals surface area (Å²) in [6.07, 6.45) is 1.67. The summed E-state index contributed by atoms with van der Waals surface area (Å²) in [5.74, 6) is 0. The second kappa shape index (κ2) is 7.55. The third kappa shape index (κ3) is 5.75. The Labute approximate surface area is 90.6 Å². The molecule has 0 aliphatic rings. The second-order valence-electron chi connectivity index (χ2n) is 2.93. The van der Waals surface area contributed by atoms with E-state index in [1.807, 2.05) is 11.9 Å². The van der Waals surface area contributed by atoms with Gasteiger partial charge in [-0.1, -0.05) is 13.3 Å². The van der Waals surface area contributed by atoms with Gasteiger partial charge >= 0.3 is 6.09 Å². The molecule has 0 radical (unpaired) electrons. The van der Waals surface area contributed by atoms with E-state index in [1.165, 1.54) is 0 Å². The summed E-state index contributed by atoms with van der Waals surface area (Å²) in [5.41, 5.74) is 0. The normalized spacial score (nSPS) is 9.36. The molecule has 0 aromatic rings. The van der Waals surface area contributed by atoms with Crippen molar-refractivity contribution in [1.29, 1.82) is 0 Å². The van der Waals surface area contributed by atoms with Crippen LogP contribution in [0.4, 0.5) is 4.79 Å². The third-order valence-electron chi connectivity index (χ3n) is 1.68. The number of alkyl carbamates (subject to hydrolysis) is 1.